The van der Waals surface area contributed by atoms with Gasteiger partial charge in [-0.3, -0.25) is 0 Å². The number of rotatable bonds is 6. The molecule has 1 N–H and O–H groups in total. The smallest absolute Gasteiger partial charge is 0.208 e. The van der Waals surface area contributed by atoms with Gasteiger partial charge in [-0.25, -0.2) is 13.1 Å². The largest absolute Gasteiger partial charge is 0.382 e. The molecule has 1 atom stereocenters. The van der Waals surface area contributed by atoms with Gasteiger partial charge in [-0.05, 0) is 6.92 Å². The van der Waals surface area contributed by atoms with Gasteiger partial charge in [0.05, 0.1) is 12.9 Å². The molecule has 0 aliphatic heterocycles. The predicted molar refractivity (Wildman–Crippen MR) is 50.1 cm³/mol. The number of hydrogen-bond donors (Lipinski definition) is 1. The lowest BCUT2D eigenvalue weighted by atomic mass is 10.1. The highest BCUT2D eigenvalue weighted by molar-refractivity contribution is 7.88. The van der Waals surface area contributed by atoms with Crippen molar-refractivity contribution >= 4 is 10.0 Å². The van der Waals surface area contributed by atoms with Crippen LogP contribution in [0.4, 0.5) is 0 Å². The molecule has 1 unspecified atom stereocenters. The van der Waals surface area contributed by atoms with Crippen LogP contribution in [-0.2, 0) is 19.5 Å². The number of hydrogen-bond acceptors (Lipinski definition) is 4. The van der Waals surface area contributed by atoms with Crippen molar-refractivity contribution in [3.63, 3.8) is 0 Å². The topological polar surface area (TPSA) is 64.6 Å². The van der Waals surface area contributed by atoms with Crippen molar-refractivity contribution in [1.29, 1.82) is 0 Å². The van der Waals surface area contributed by atoms with E-state index in [1.165, 1.54) is 14.2 Å². The van der Waals surface area contributed by atoms with E-state index in [9.17, 15) is 8.42 Å². The highest BCUT2D eigenvalue weighted by Crippen LogP contribution is 2.07. The van der Waals surface area contributed by atoms with E-state index >= 15 is 0 Å². The lowest BCUT2D eigenvalue weighted by molar-refractivity contribution is -0.0460. The van der Waals surface area contributed by atoms with Gasteiger partial charge in [0, 0.05) is 20.8 Å². The maximum Gasteiger partial charge on any atom is 0.208 e. The van der Waals surface area contributed by atoms with Crippen LogP contribution in [0.1, 0.15) is 6.92 Å². The molecule has 0 rings (SSSR count). The van der Waals surface area contributed by atoms with Gasteiger partial charge in [0.1, 0.15) is 5.60 Å². The van der Waals surface area contributed by atoms with Crippen LogP contribution in [-0.4, -0.2) is 47.6 Å². The van der Waals surface area contributed by atoms with Crippen LogP contribution in [0.2, 0.25) is 0 Å². The number of nitrogens with one attached hydrogen (secondary N) is 1. The highest BCUT2D eigenvalue weighted by Gasteiger charge is 2.24. The maximum absolute atomic E-state index is 10.8. The number of methoxy groups -OCH3 is 2. The molecule has 0 spiro atoms. The minimum atomic E-state index is -3.17. The molecule has 80 valence electrons. The molecule has 0 heterocycles. The van der Waals surface area contributed by atoms with Gasteiger partial charge in [-0.2, -0.15) is 0 Å². The third-order valence-electron chi connectivity index (χ3n) is 1.65. The fourth-order valence-corrected chi connectivity index (χ4v) is 1.34. The molecule has 0 saturated carbocycles. The summed E-state index contributed by atoms with van der Waals surface area (Å²) in [5.41, 5.74) is -0.613. The summed E-state index contributed by atoms with van der Waals surface area (Å²) in [6.07, 6.45) is 1.11. The lowest BCUT2D eigenvalue weighted by Gasteiger charge is -2.26. The molecule has 0 saturated heterocycles. The van der Waals surface area contributed by atoms with Crippen LogP contribution in [0.25, 0.3) is 0 Å². The second-order valence-corrected chi connectivity index (χ2v) is 5.01. The summed E-state index contributed by atoms with van der Waals surface area (Å²) in [5, 5.41) is 0. The maximum atomic E-state index is 10.8. The van der Waals surface area contributed by atoms with Crippen LogP contribution in [0, 0.1) is 0 Å². The van der Waals surface area contributed by atoms with Crippen molar-refractivity contribution in [3.05, 3.63) is 0 Å². The summed E-state index contributed by atoms with van der Waals surface area (Å²) in [5.74, 6) is 0. The Hall–Kier alpha value is -0.170. The van der Waals surface area contributed by atoms with Gasteiger partial charge in [0.25, 0.3) is 0 Å². The minimum absolute atomic E-state index is 0.205. The number of sulfonamides is 1. The van der Waals surface area contributed by atoms with Crippen molar-refractivity contribution in [2.45, 2.75) is 12.5 Å². The first-order valence-electron chi connectivity index (χ1n) is 3.82. The highest BCUT2D eigenvalue weighted by atomic mass is 32.2. The first kappa shape index (κ1) is 12.8. The third-order valence-corrected chi connectivity index (χ3v) is 2.32. The Morgan fingerprint density at radius 2 is 1.92 bits per heavy atom. The molecule has 0 bridgehead atoms. The molecular formula is C7H17NO4S. The van der Waals surface area contributed by atoms with E-state index in [2.05, 4.69) is 4.72 Å². The molecule has 5 nitrogen and oxygen atoms in total. The predicted octanol–water partition coefficient (Wildman–Crippen LogP) is -0.413. The van der Waals surface area contributed by atoms with E-state index in [0.29, 0.717) is 6.61 Å². The van der Waals surface area contributed by atoms with Gasteiger partial charge >= 0.3 is 0 Å². The Morgan fingerprint density at radius 1 is 1.38 bits per heavy atom. The Balaban J connectivity index is 4.13. The van der Waals surface area contributed by atoms with Crippen LogP contribution in [0.3, 0.4) is 0 Å². The zero-order chi connectivity index (χ0) is 10.5. The molecule has 0 aromatic carbocycles. The molecular weight excluding hydrogens is 194 g/mol. The molecule has 0 amide bonds. The van der Waals surface area contributed by atoms with E-state index in [4.69, 9.17) is 9.47 Å². The summed E-state index contributed by atoms with van der Waals surface area (Å²) in [6, 6.07) is 0. The Kier molecular flexibility index (Phi) is 4.83. The van der Waals surface area contributed by atoms with Crippen molar-refractivity contribution in [2.24, 2.45) is 0 Å². The minimum Gasteiger partial charge on any atom is -0.382 e. The molecule has 13 heavy (non-hydrogen) atoms. The normalized spacial score (nSPS) is 16.9. The van der Waals surface area contributed by atoms with Crippen molar-refractivity contribution in [2.75, 3.05) is 33.6 Å². The summed E-state index contributed by atoms with van der Waals surface area (Å²) in [6.45, 7) is 2.32. The lowest BCUT2D eigenvalue weighted by Crippen LogP contribution is -2.45. The van der Waals surface area contributed by atoms with Crippen LogP contribution >= 0.6 is 0 Å². The molecule has 0 aromatic heterocycles. The fourth-order valence-electron chi connectivity index (χ4n) is 0.771. The van der Waals surface area contributed by atoms with Crippen LogP contribution < -0.4 is 4.72 Å². The van der Waals surface area contributed by atoms with Gasteiger partial charge in [0.15, 0.2) is 0 Å². The molecule has 6 heteroatoms. The standard InChI is InChI=1S/C7H17NO4S/c1-7(12-3,6-11-2)5-8-13(4,9)10/h8H,5-6H2,1-4H3. The summed E-state index contributed by atoms with van der Waals surface area (Å²) in [7, 11) is -0.115. The van der Waals surface area contributed by atoms with Crippen molar-refractivity contribution in [3.8, 4) is 0 Å². The van der Waals surface area contributed by atoms with E-state index < -0.39 is 15.6 Å². The molecule has 0 radical (unpaired) electrons. The van der Waals surface area contributed by atoms with Crippen molar-refractivity contribution < 1.29 is 17.9 Å². The summed E-state index contributed by atoms with van der Waals surface area (Å²) in [4.78, 5) is 0. The van der Waals surface area contributed by atoms with E-state index in [-0.39, 0.29) is 6.54 Å². The van der Waals surface area contributed by atoms with Gasteiger partial charge in [-0.15, -0.1) is 0 Å². The molecule has 0 aliphatic carbocycles. The van der Waals surface area contributed by atoms with Crippen molar-refractivity contribution in [1.82, 2.24) is 4.72 Å². The second kappa shape index (κ2) is 4.90. The second-order valence-electron chi connectivity index (χ2n) is 3.18. The van der Waals surface area contributed by atoms with E-state index in [0.717, 1.165) is 6.26 Å². The fraction of sp³-hybridized carbons (Fsp3) is 1.00. The zero-order valence-electron chi connectivity index (χ0n) is 8.46. The first-order valence-corrected chi connectivity index (χ1v) is 5.71. The van der Waals surface area contributed by atoms with Crippen LogP contribution in [0.15, 0.2) is 0 Å². The summed E-state index contributed by atoms with van der Waals surface area (Å²) < 4.78 is 34.0. The average molecular weight is 211 g/mol. The Labute approximate surface area is 79.5 Å². The monoisotopic (exact) mass is 211 g/mol. The first-order chi connectivity index (χ1) is 5.83. The quantitative estimate of drug-likeness (QED) is 0.648. The zero-order valence-corrected chi connectivity index (χ0v) is 9.27. The van der Waals surface area contributed by atoms with Gasteiger partial charge in [0.2, 0.25) is 10.0 Å². The molecule has 0 fully saturated rings. The average Bonchev–Trinajstić information content (AvgIpc) is 2.01. The van der Waals surface area contributed by atoms with E-state index in [1.807, 2.05) is 0 Å². The number of ether oxygens (including phenoxy) is 2. The van der Waals surface area contributed by atoms with Gasteiger partial charge < -0.3 is 9.47 Å². The van der Waals surface area contributed by atoms with Crippen LogP contribution in [0.5, 0.6) is 0 Å². The molecule has 0 aliphatic rings. The third kappa shape index (κ3) is 5.98. The van der Waals surface area contributed by atoms with Gasteiger partial charge in [-0.1, -0.05) is 0 Å². The molecule has 0 aromatic rings. The SMILES string of the molecule is COCC(C)(CNS(C)(=O)=O)OC. The van der Waals surface area contributed by atoms with E-state index in [1.54, 1.807) is 6.92 Å². The Bertz CT molecular complexity index is 239. The summed E-state index contributed by atoms with van der Waals surface area (Å²) >= 11 is 0. The Morgan fingerprint density at radius 3 is 2.23 bits per heavy atom.